The largest absolute Gasteiger partial charge is 0.480 e. The van der Waals surface area contributed by atoms with Crippen molar-refractivity contribution in [3.05, 3.63) is 35.9 Å². The minimum Gasteiger partial charge on any atom is -0.480 e. The number of halogens is 2. The maximum Gasteiger partial charge on any atom is 0.408 e. The Balaban J connectivity index is 2.63. The molecule has 0 saturated carbocycles. The number of ether oxygens (including phenoxy) is 1. The first kappa shape index (κ1) is 16.9. The van der Waals surface area contributed by atoms with Crippen molar-refractivity contribution < 1.29 is 28.2 Å². The van der Waals surface area contributed by atoms with Gasteiger partial charge in [0.05, 0.1) is 0 Å². The average Bonchev–Trinajstić information content (AvgIpc) is 2.35. The number of carbonyl (C=O) groups is 2. The van der Waals surface area contributed by atoms with Gasteiger partial charge in [-0.05, 0) is 19.4 Å². The van der Waals surface area contributed by atoms with E-state index in [0.29, 0.717) is 12.5 Å². The molecule has 2 N–H and O–H groups in total. The van der Waals surface area contributed by atoms with Crippen molar-refractivity contribution in [3.8, 4) is 0 Å². The van der Waals surface area contributed by atoms with Crippen LogP contribution in [0.25, 0.3) is 0 Å². The number of carboxylic acids is 1. The Morgan fingerprint density at radius 1 is 1.24 bits per heavy atom. The van der Waals surface area contributed by atoms with Crippen LogP contribution in [0.2, 0.25) is 0 Å². The highest BCUT2D eigenvalue weighted by Crippen LogP contribution is 2.26. The van der Waals surface area contributed by atoms with Gasteiger partial charge in [-0.2, -0.15) is 0 Å². The van der Waals surface area contributed by atoms with Crippen LogP contribution in [0.1, 0.15) is 25.8 Å². The fraction of sp³-hybridized carbons (Fsp3) is 0.429. The van der Waals surface area contributed by atoms with E-state index in [4.69, 9.17) is 9.84 Å². The monoisotopic (exact) mass is 301 g/mol. The van der Waals surface area contributed by atoms with Crippen molar-refractivity contribution in [2.45, 2.75) is 38.3 Å². The standard InChI is InChI=1S/C14H17F2NO4/c1-13(11(18)19,9-14(2,15)16)17-12(20)21-8-10-6-4-3-5-7-10/h3-7H,8-9H2,1-2H3,(H,17,20)(H,18,19)/t13-/m0/s1. The van der Waals surface area contributed by atoms with Crippen molar-refractivity contribution in [2.24, 2.45) is 0 Å². The van der Waals surface area contributed by atoms with E-state index in [1.807, 2.05) is 5.32 Å². The molecule has 0 heterocycles. The number of alkyl carbamates (subject to hydrolysis) is 1. The van der Waals surface area contributed by atoms with Gasteiger partial charge in [0.25, 0.3) is 0 Å². The fourth-order valence-electron chi connectivity index (χ4n) is 1.78. The first-order valence-electron chi connectivity index (χ1n) is 6.22. The molecular formula is C14H17F2NO4. The molecule has 116 valence electrons. The average molecular weight is 301 g/mol. The van der Waals surface area contributed by atoms with E-state index in [1.165, 1.54) is 0 Å². The van der Waals surface area contributed by atoms with Crippen LogP contribution in [-0.4, -0.2) is 28.6 Å². The van der Waals surface area contributed by atoms with Gasteiger partial charge < -0.3 is 15.2 Å². The highest BCUT2D eigenvalue weighted by atomic mass is 19.3. The third kappa shape index (κ3) is 5.76. The van der Waals surface area contributed by atoms with E-state index in [9.17, 15) is 18.4 Å². The van der Waals surface area contributed by atoms with Gasteiger partial charge in [-0.25, -0.2) is 18.4 Å². The lowest BCUT2D eigenvalue weighted by molar-refractivity contribution is -0.148. The number of hydrogen-bond acceptors (Lipinski definition) is 3. The van der Waals surface area contributed by atoms with Crippen LogP contribution < -0.4 is 5.32 Å². The molecule has 1 atom stereocenters. The molecule has 1 aromatic rings. The first-order chi connectivity index (χ1) is 9.62. The molecule has 0 spiro atoms. The number of alkyl halides is 2. The molecule has 0 bridgehead atoms. The lowest BCUT2D eigenvalue weighted by Gasteiger charge is -2.28. The van der Waals surface area contributed by atoms with Crippen molar-refractivity contribution >= 4 is 12.1 Å². The van der Waals surface area contributed by atoms with E-state index in [1.54, 1.807) is 30.3 Å². The number of rotatable bonds is 6. The van der Waals surface area contributed by atoms with Gasteiger partial charge in [0.15, 0.2) is 0 Å². The zero-order chi connectivity index (χ0) is 16.1. The van der Waals surface area contributed by atoms with E-state index >= 15 is 0 Å². The van der Waals surface area contributed by atoms with Gasteiger partial charge >= 0.3 is 12.1 Å². The van der Waals surface area contributed by atoms with Crippen LogP contribution in [0.5, 0.6) is 0 Å². The number of benzene rings is 1. The number of amides is 1. The Bertz CT molecular complexity index is 501. The summed E-state index contributed by atoms with van der Waals surface area (Å²) in [5, 5.41) is 11.0. The summed E-state index contributed by atoms with van der Waals surface area (Å²) in [5.74, 6) is -4.79. The zero-order valence-electron chi connectivity index (χ0n) is 11.7. The van der Waals surface area contributed by atoms with Gasteiger partial charge in [0.1, 0.15) is 12.1 Å². The lowest BCUT2D eigenvalue weighted by atomic mass is 9.94. The summed E-state index contributed by atoms with van der Waals surface area (Å²) in [6.45, 7) is 1.52. The molecule has 1 amide bonds. The van der Waals surface area contributed by atoms with Crippen molar-refractivity contribution in [3.63, 3.8) is 0 Å². The predicted molar refractivity (Wildman–Crippen MR) is 71.0 cm³/mol. The Kier molecular flexibility index (Phi) is 5.23. The highest BCUT2D eigenvalue weighted by Gasteiger charge is 2.43. The number of carbonyl (C=O) groups excluding carboxylic acids is 1. The van der Waals surface area contributed by atoms with Crippen molar-refractivity contribution in [1.82, 2.24) is 5.32 Å². The third-order valence-electron chi connectivity index (χ3n) is 2.73. The maximum atomic E-state index is 13.0. The van der Waals surface area contributed by atoms with Crippen molar-refractivity contribution in [2.75, 3.05) is 0 Å². The summed E-state index contributed by atoms with van der Waals surface area (Å²) < 4.78 is 30.9. The predicted octanol–water partition coefficient (Wildman–Crippen LogP) is 2.80. The topological polar surface area (TPSA) is 75.6 Å². The van der Waals surface area contributed by atoms with Crippen LogP contribution in [0.15, 0.2) is 30.3 Å². The minimum absolute atomic E-state index is 0.0785. The van der Waals surface area contributed by atoms with Crippen LogP contribution in [0.3, 0.4) is 0 Å². The SMILES string of the molecule is CC(F)(F)C[C@](C)(NC(=O)OCc1ccccc1)C(=O)O. The number of carboxylic acid groups (broad SMARTS) is 1. The number of hydrogen-bond donors (Lipinski definition) is 2. The fourth-order valence-corrected chi connectivity index (χ4v) is 1.78. The highest BCUT2D eigenvalue weighted by molar-refractivity contribution is 5.84. The molecule has 0 aliphatic heterocycles. The van der Waals surface area contributed by atoms with E-state index < -0.39 is 29.9 Å². The van der Waals surface area contributed by atoms with Crippen molar-refractivity contribution in [1.29, 1.82) is 0 Å². The van der Waals surface area contributed by atoms with Crippen LogP contribution in [0, 0.1) is 0 Å². The summed E-state index contributed by atoms with van der Waals surface area (Å²) >= 11 is 0. The summed E-state index contributed by atoms with van der Waals surface area (Å²) in [7, 11) is 0. The van der Waals surface area contributed by atoms with Gasteiger partial charge in [-0.15, -0.1) is 0 Å². The van der Waals surface area contributed by atoms with E-state index in [2.05, 4.69) is 0 Å². The Hall–Kier alpha value is -2.18. The second-order valence-corrected chi connectivity index (χ2v) is 5.07. The molecule has 7 heteroatoms. The summed E-state index contributed by atoms with van der Waals surface area (Å²) in [4.78, 5) is 22.7. The quantitative estimate of drug-likeness (QED) is 0.847. The number of aliphatic carboxylic acids is 1. The molecule has 0 fully saturated rings. The van der Waals surface area contributed by atoms with Gasteiger partial charge in [-0.3, -0.25) is 0 Å². The van der Waals surface area contributed by atoms with Gasteiger partial charge in [0, 0.05) is 6.42 Å². The molecule has 0 saturated heterocycles. The molecule has 21 heavy (non-hydrogen) atoms. The first-order valence-corrected chi connectivity index (χ1v) is 6.22. The zero-order valence-corrected chi connectivity index (χ0v) is 11.7. The molecule has 1 aromatic carbocycles. The van der Waals surface area contributed by atoms with Crippen LogP contribution >= 0.6 is 0 Å². The van der Waals surface area contributed by atoms with E-state index in [0.717, 1.165) is 6.92 Å². The van der Waals surface area contributed by atoms with Crippen LogP contribution in [-0.2, 0) is 16.1 Å². The summed E-state index contributed by atoms with van der Waals surface area (Å²) in [6.07, 6.45) is -2.09. The summed E-state index contributed by atoms with van der Waals surface area (Å²) in [6, 6.07) is 8.70. The summed E-state index contributed by atoms with van der Waals surface area (Å²) in [5.41, 5.74) is -1.41. The molecule has 5 nitrogen and oxygen atoms in total. The Morgan fingerprint density at radius 3 is 2.29 bits per heavy atom. The third-order valence-corrected chi connectivity index (χ3v) is 2.73. The molecule has 0 radical (unpaired) electrons. The van der Waals surface area contributed by atoms with Gasteiger partial charge in [0.2, 0.25) is 5.92 Å². The normalized spacial score (nSPS) is 14.1. The lowest BCUT2D eigenvalue weighted by Crippen LogP contribution is -2.54. The minimum atomic E-state index is -3.24. The van der Waals surface area contributed by atoms with Crippen LogP contribution in [0.4, 0.5) is 13.6 Å². The number of nitrogens with one attached hydrogen (secondary N) is 1. The molecule has 1 rings (SSSR count). The molecule has 0 unspecified atom stereocenters. The molecule has 0 aromatic heterocycles. The molecule has 0 aliphatic rings. The Morgan fingerprint density at radius 2 is 1.81 bits per heavy atom. The second-order valence-electron chi connectivity index (χ2n) is 5.07. The molecular weight excluding hydrogens is 284 g/mol. The van der Waals surface area contributed by atoms with Gasteiger partial charge in [-0.1, -0.05) is 30.3 Å². The maximum absolute atomic E-state index is 13.0. The smallest absolute Gasteiger partial charge is 0.408 e. The van der Waals surface area contributed by atoms with E-state index in [-0.39, 0.29) is 6.61 Å². The molecule has 0 aliphatic carbocycles. The Labute approximate surface area is 120 Å². The second kappa shape index (κ2) is 6.51.